The summed E-state index contributed by atoms with van der Waals surface area (Å²) in [6, 6.07) is 15.1. The molecule has 0 aromatic heterocycles. The SMILES string of the molecule is Cc1ccc(S(=O)(=O)N(CC(=O)Nc2cccc(N(C)S(C)(=O)=O)c2)c2cccc(C(F)(F)F)c2)cc1. The maximum atomic E-state index is 13.4. The Morgan fingerprint density at radius 1 is 0.892 bits per heavy atom. The van der Waals surface area contributed by atoms with Crippen LogP contribution in [0.5, 0.6) is 0 Å². The lowest BCUT2D eigenvalue weighted by Crippen LogP contribution is -2.38. The van der Waals surface area contributed by atoms with Crippen molar-refractivity contribution in [3.05, 3.63) is 83.9 Å². The highest BCUT2D eigenvalue weighted by atomic mass is 32.2. The average molecular weight is 556 g/mol. The molecule has 37 heavy (non-hydrogen) atoms. The van der Waals surface area contributed by atoms with E-state index in [2.05, 4.69) is 5.32 Å². The van der Waals surface area contributed by atoms with Gasteiger partial charge in [0.15, 0.2) is 0 Å². The van der Waals surface area contributed by atoms with Gasteiger partial charge in [0.2, 0.25) is 15.9 Å². The average Bonchev–Trinajstić information content (AvgIpc) is 2.81. The van der Waals surface area contributed by atoms with Gasteiger partial charge in [0.1, 0.15) is 6.54 Å². The second-order valence-electron chi connectivity index (χ2n) is 8.20. The van der Waals surface area contributed by atoms with Crippen molar-refractivity contribution < 1.29 is 34.8 Å². The highest BCUT2D eigenvalue weighted by Gasteiger charge is 2.33. The second-order valence-corrected chi connectivity index (χ2v) is 12.1. The Bertz CT molecular complexity index is 1510. The summed E-state index contributed by atoms with van der Waals surface area (Å²) in [5.41, 5.74) is -0.263. The molecular formula is C24H24F3N3O5S2. The maximum absolute atomic E-state index is 13.4. The molecule has 0 spiro atoms. The van der Waals surface area contributed by atoms with Crippen LogP contribution in [0, 0.1) is 6.92 Å². The topological polar surface area (TPSA) is 104 Å². The predicted molar refractivity (Wildman–Crippen MR) is 135 cm³/mol. The van der Waals surface area contributed by atoms with Gasteiger partial charge < -0.3 is 5.32 Å². The van der Waals surface area contributed by atoms with E-state index in [1.165, 1.54) is 55.6 Å². The molecule has 13 heteroatoms. The van der Waals surface area contributed by atoms with E-state index in [1.54, 1.807) is 6.92 Å². The number of rotatable bonds is 8. The third-order valence-electron chi connectivity index (χ3n) is 5.35. The van der Waals surface area contributed by atoms with Crippen LogP contribution in [-0.4, -0.2) is 42.6 Å². The third kappa shape index (κ3) is 6.80. The molecule has 0 heterocycles. The number of nitrogens with one attached hydrogen (secondary N) is 1. The fraction of sp³-hybridized carbons (Fsp3) is 0.208. The summed E-state index contributed by atoms with van der Waals surface area (Å²) in [7, 11) is -6.71. The van der Waals surface area contributed by atoms with Gasteiger partial charge in [0, 0.05) is 12.7 Å². The maximum Gasteiger partial charge on any atom is 0.416 e. The molecule has 0 radical (unpaired) electrons. The smallest absolute Gasteiger partial charge is 0.324 e. The predicted octanol–water partition coefficient (Wildman–Crippen LogP) is 4.24. The van der Waals surface area contributed by atoms with Gasteiger partial charge in [-0.25, -0.2) is 16.8 Å². The van der Waals surface area contributed by atoms with E-state index >= 15 is 0 Å². The van der Waals surface area contributed by atoms with Gasteiger partial charge in [-0.1, -0.05) is 29.8 Å². The van der Waals surface area contributed by atoms with Crippen molar-refractivity contribution in [3.63, 3.8) is 0 Å². The number of aryl methyl sites for hydroxylation is 1. The number of carbonyl (C=O) groups is 1. The molecule has 8 nitrogen and oxygen atoms in total. The van der Waals surface area contributed by atoms with Crippen LogP contribution in [0.3, 0.4) is 0 Å². The first-order valence-corrected chi connectivity index (χ1v) is 14.0. The minimum Gasteiger partial charge on any atom is -0.324 e. The number of hydrogen-bond donors (Lipinski definition) is 1. The van der Waals surface area contributed by atoms with E-state index in [0.717, 1.165) is 34.3 Å². The zero-order valence-electron chi connectivity index (χ0n) is 20.0. The van der Waals surface area contributed by atoms with Crippen molar-refractivity contribution in [2.75, 3.05) is 33.8 Å². The quantitative estimate of drug-likeness (QED) is 0.448. The molecule has 0 atom stereocenters. The third-order valence-corrected chi connectivity index (χ3v) is 8.34. The van der Waals surface area contributed by atoms with Gasteiger partial charge in [-0.3, -0.25) is 13.4 Å². The van der Waals surface area contributed by atoms with E-state index in [-0.39, 0.29) is 22.0 Å². The largest absolute Gasteiger partial charge is 0.416 e. The minimum absolute atomic E-state index is 0.162. The zero-order valence-corrected chi connectivity index (χ0v) is 21.7. The van der Waals surface area contributed by atoms with Gasteiger partial charge in [-0.05, 0) is 55.5 Å². The number of sulfonamides is 2. The lowest BCUT2D eigenvalue weighted by Gasteiger charge is -2.25. The van der Waals surface area contributed by atoms with Crippen molar-refractivity contribution in [1.82, 2.24) is 0 Å². The van der Waals surface area contributed by atoms with Gasteiger partial charge in [0.25, 0.3) is 10.0 Å². The van der Waals surface area contributed by atoms with E-state index in [0.29, 0.717) is 10.4 Å². The number of hydrogen-bond acceptors (Lipinski definition) is 5. The van der Waals surface area contributed by atoms with E-state index in [4.69, 9.17) is 0 Å². The van der Waals surface area contributed by atoms with Crippen LogP contribution in [0.1, 0.15) is 11.1 Å². The Morgan fingerprint density at radius 3 is 2.08 bits per heavy atom. The molecule has 0 fully saturated rings. The van der Waals surface area contributed by atoms with E-state index in [1.807, 2.05) is 0 Å². The number of anilines is 3. The normalized spacial score (nSPS) is 12.2. The van der Waals surface area contributed by atoms with E-state index < -0.39 is 44.2 Å². The first-order valence-electron chi connectivity index (χ1n) is 10.7. The molecular weight excluding hydrogens is 531 g/mol. The molecule has 0 bridgehead atoms. The van der Waals surface area contributed by atoms with Gasteiger partial charge in [-0.15, -0.1) is 0 Å². The number of carbonyl (C=O) groups excluding carboxylic acids is 1. The Kier molecular flexibility index (Phi) is 7.89. The summed E-state index contributed by atoms with van der Waals surface area (Å²) in [5, 5.41) is 2.48. The highest BCUT2D eigenvalue weighted by molar-refractivity contribution is 7.93. The minimum atomic E-state index is -4.73. The molecule has 0 saturated carbocycles. The van der Waals surface area contributed by atoms with Gasteiger partial charge >= 0.3 is 6.18 Å². The molecule has 198 valence electrons. The molecule has 0 aliphatic rings. The Balaban J connectivity index is 1.98. The number of alkyl halides is 3. The first kappa shape index (κ1) is 28.0. The molecule has 3 aromatic rings. The fourth-order valence-corrected chi connectivity index (χ4v) is 5.20. The Hall–Kier alpha value is -3.58. The fourth-order valence-electron chi connectivity index (χ4n) is 3.29. The summed E-state index contributed by atoms with van der Waals surface area (Å²) < 4.78 is 92.1. The molecule has 0 saturated heterocycles. The standard InChI is InChI=1S/C24H24F3N3O5S2/c1-17-10-12-22(13-11-17)37(34,35)30(21-9-4-6-18(14-21)24(25,26)27)16-23(31)28-19-7-5-8-20(15-19)29(2)36(3,32)33/h4-15H,16H2,1-3H3,(H,28,31). The Morgan fingerprint density at radius 2 is 1.49 bits per heavy atom. The number of nitrogens with zero attached hydrogens (tertiary/aromatic N) is 2. The van der Waals surface area contributed by atoms with Crippen molar-refractivity contribution >= 4 is 43.0 Å². The summed E-state index contributed by atoms with van der Waals surface area (Å²) in [4.78, 5) is 12.7. The molecule has 1 amide bonds. The number of amides is 1. The van der Waals surface area contributed by atoms with Crippen molar-refractivity contribution in [3.8, 4) is 0 Å². The van der Waals surface area contributed by atoms with Crippen LogP contribution in [0.25, 0.3) is 0 Å². The van der Waals surface area contributed by atoms with Crippen molar-refractivity contribution in [1.29, 1.82) is 0 Å². The summed E-state index contributed by atoms with van der Waals surface area (Å²) >= 11 is 0. The lowest BCUT2D eigenvalue weighted by atomic mass is 10.2. The van der Waals surface area contributed by atoms with Crippen LogP contribution in [0.15, 0.2) is 77.7 Å². The van der Waals surface area contributed by atoms with Gasteiger partial charge in [0.05, 0.1) is 28.1 Å². The summed E-state index contributed by atoms with van der Waals surface area (Å²) in [6.07, 6.45) is -3.73. The van der Waals surface area contributed by atoms with Crippen LogP contribution < -0.4 is 13.9 Å². The monoisotopic (exact) mass is 555 g/mol. The highest BCUT2D eigenvalue weighted by Crippen LogP contribution is 2.33. The zero-order chi connectivity index (χ0) is 27.6. The first-order chi connectivity index (χ1) is 17.1. The van der Waals surface area contributed by atoms with Crippen LogP contribution >= 0.6 is 0 Å². The molecule has 1 N–H and O–H groups in total. The molecule has 0 unspecified atom stereocenters. The number of halogens is 3. The van der Waals surface area contributed by atoms with Gasteiger partial charge in [-0.2, -0.15) is 13.2 Å². The van der Waals surface area contributed by atoms with Crippen LogP contribution in [-0.2, 0) is 31.0 Å². The lowest BCUT2D eigenvalue weighted by molar-refractivity contribution is -0.137. The molecule has 0 aliphatic heterocycles. The van der Waals surface area contributed by atoms with Crippen LogP contribution in [0.2, 0.25) is 0 Å². The Labute approximate surface area is 213 Å². The summed E-state index contributed by atoms with van der Waals surface area (Å²) in [6.45, 7) is 0.896. The van der Waals surface area contributed by atoms with Crippen LogP contribution in [0.4, 0.5) is 30.2 Å². The molecule has 0 aliphatic carbocycles. The van der Waals surface area contributed by atoms with E-state index in [9.17, 15) is 34.8 Å². The summed E-state index contributed by atoms with van der Waals surface area (Å²) in [5.74, 6) is -0.854. The molecule has 3 rings (SSSR count). The van der Waals surface area contributed by atoms with Crippen molar-refractivity contribution in [2.45, 2.75) is 18.0 Å². The number of benzene rings is 3. The molecule has 3 aromatic carbocycles. The second kappa shape index (κ2) is 10.4. The van der Waals surface area contributed by atoms with Crippen molar-refractivity contribution in [2.24, 2.45) is 0 Å².